The minimum atomic E-state index is 0.172. The van der Waals surface area contributed by atoms with Gasteiger partial charge in [-0.15, -0.1) is 11.8 Å². The van der Waals surface area contributed by atoms with Gasteiger partial charge in [0.2, 0.25) is 5.91 Å². The number of benzene rings is 1. The van der Waals surface area contributed by atoms with E-state index in [1.807, 2.05) is 0 Å². The molecule has 1 N–H and O–H groups in total. The zero-order chi connectivity index (χ0) is 15.4. The van der Waals surface area contributed by atoms with Crippen LogP contribution in [0, 0.1) is 25.7 Å². The molecule has 0 aliphatic heterocycles. The van der Waals surface area contributed by atoms with Gasteiger partial charge in [-0.1, -0.05) is 44.4 Å². The summed E-state index contributed by atoms with van der Waals surface area (Å²) in [4.78, 5) is 13.4. The Hall–Kier alpha value is -0.960. The van der Waals surface area contributed by atoms with E-state index < -0.39 is 0 Å². The van der Waals surface area contributed by atoms with Crippen LogP contribution in [0.1, 0.15) is 44.2 Å². The van der Waals surface area contributed by atoms with Crippen molar-refractivity contribution in [2.45, 2.75) is 57.9 Å². The fourth-order valence-corrected chi connectivity index (χ4v) is 3.96. The molecule has 0 aromatic heterocycles. The van der Waals surface area contributed by atoms with Crippen LogP contribution in [0.3, 0.4) is 0 Å². The zero-order valence-electron chi connectivity index (χ0n) is 13.6. The number of hydrogen-bond acceptors (Lipinski definition) is 2. The van der Waals surface area contributed by atoms with Crippen LogP contribution in [0.15, 0.2) is 23.1 Å². The van der Waals surface area contributed by atoms with Crippen molar-refractivity contribution in [2.24, 2.45) is 11.8 Å². The summed E-state index contributed by atoms with van der Waals surface area (Å²) in [6.07, 6.45) is 3.66. The molecule has 1 amide bonds. The Bertz CT molecular complexity index is 500. The number of aryl methyl sites for hydroxylation is 2. The Kier molecular flexibility index (Phi) is 5.74. The van der Waals surface area contributed by atoms with Gasteiger partial charge in [-0.3, -0.25) is 4.79 Å². The molecule has 3 heteroatoms. The second-order valence-corrected chi connectivity index (χ2v) is 7.52. The molecule has 0 spiro atoms. The van der Waals surface area contributed by atoms with Gasteiger partial charge in [0.15, 0.2) is 0 Å². The van der Waals surface area contributed by atoms with E-state index in [9.17, 15) is 4.79 Å². The maximum atomic E-state index is 12.2. The van der Waals surface area contributed by atoms with Crippen LogP contribution in [0.5, 0.6) is 0 Å². The second kappa shape index (κ2) is 7.35. The minimum Gasteiger partial charge on any atom is -0.352 e. The first-order valence-electron chi connectivity index (χ1n) is 7.97. The number of carbonyl (C=O) groups excluding carboxylic acids is 1. The largest absolute Gasteiger partial charge is 0.352 e. The van der Waals surface area contributed by atoms with E-state index in [2.05, 4.69) is 51.2 Å². The van der Waals surface area contributed by atoms with Crippen LogP contribution in [0.25, 0.3) is 0 Å². The van der Waals surface area contributed by atoms with E-state index in [4.69, 9.17) is 0 Å². The number of rotatable bonds is 4. The molecule has 1 aromatic rings. The van der Waals surface area contributed by atoms with E-state index in [0.29, 0.717) is 17.7 Å². The van der Waals surface area contributed by atoms with Crippen LogP contribution >= 0.6 is 11.8 Å². The molecule has 0 heterocycles. The highest BCUT2D eigenvalue weighted by molar-refractivity contribution is 8.00. The summed E-state index contributed by atoms with van der Waals surface area (Å²) in [5.41, 5.74) is 2.53. The van der Waals surface area contributed by atoms with E-state index in [0.717, 1.165) is 12.3 Å². The predicted octanol–water partition coefficient (Wildman–Crippen LogP) is 4.34. The summed E-state index contributed by atoms with van der Waals surface area (Å²) in [6.45, 7) is 8.78. The summed E-state index contributed by atoms with van der Waals surface area (Å²) in [6, 6.07) is 6.76. The maximum absolute atomic E-state index is 12.2. The van der Waals surface area contributed by atoms with Gasteiger partial charge in [-0.05, 0) is 43.7 Å². The molecule has 1 saturated carbocycles. The predicted molar refractivity (Wildman–Crippen MR) is 90.7 cm³/mol. The highest BCUT2D eigenvalue weighted by atomic mass is 32.2. The fraction of sp³-hybridized carbons (Fsp3) is 0.611. The minimum absolute atomic E-state index is 0.172. The van der Waals surface area contributed by atoms with Crippen LogP contribution < -0.4 is 5.32 Å². The van der Waals surface area contributed by atoms with E-state index in [1.54, 1.807) is 11.8 Å². The monoisotopic (exact) mass is 305 g/mol. The first-order valence-corrected chi connectivity index (χ1v) is 8.95. The van der Waals surface area contributed by atoms with E-state index in [1.165, 1.54) is 28.9 Å². The van der Waals surface area contributed by atoms with Crippen molar-refractivity contribution in [3.8, 4) is 0 Å². The molecule has 0 unspecified atom stereocenters. The van der Waals surface area contributed by atoms with Gasteiger partial charge in [0.25, 0.3) is 0 Å². The van der Waals surface area contributed by atoms with Gasteiger partial charge in [-0.2, -0.15) is 0 Å². The van der Waals surface area contributed by atoms with Gasteiger partial charge in [-0.25, -0.2) is 0 Å². The topological polar surface area (TPSA) is 29.1 Å². The van der Waals surface area contributed by atoms with E-state index >= 15 is 0 Å². The lowest BCUT2D eigenvalue weighted by molar-refractivity contribution is -0.119. The van der Waals surface area contributed by atoms with E-state index in [-0.39, 0.29) is 5.91 Å². The molecule has 2 nitrogen and oxygen atoms in total. The molecule has 0 saturated heterocycles. The van der Waals surface area contributed by atoms with Gasteiger partial charge in [0.1, 0.15) is 0 Å². The van der Waals surface area contributed by atoms with Crippen LogP contribution in [-0.4, -0.2) is 17.7 Å². The molecule has 2 rings (SSSR count). The number of carbonyl (C=O) groups is 1. The second-order valence-electron chi connectivity index (χ2n) is 6.50. The molecule has 1 aromatic carbocycles. The fourth-order valence-electron chi connectivity index (χ4n) is 3.14. The van der Waals surface area contributed by atoms with Crippen molar-refractivity contribution in [3.05, 3.63) is 29.3 Å². The molecular formula is C18H27NOS. The molecule has 21 heavy (non-hydrogen) atoms. The smallest absolute Gasteiger partial charge is 0.230 e. The summed E-state index contributed by atoms with van der Waals surface area (Å²) in [7, 11) is 0. The molecule has 0 radical (unpaired) electrons. The number of hydrogen-bond donors (Lipinski definition) is 1. The average molecular weight is 305 g/mol. The molecular weight excluding hydrogens is 278 g/mol. The molecule has 0 bridgehead atoms. The van der Waals surface area contributed by atoms with Gasteiger partial charge >= 0.3 is 0 Å². The van der Waals surface area contributed by atoms with Crippen molar-refractivity contribution < 1.29 is 4.79 Å². The maximum Gasteiger partial charge on any atom is 0.230 e. The van der Waals surface area contributed by atoms with Crippen molar-refractivity contribution >= 4 is 17.7 Å². The van der Waals surface area contributed by atoms with Crippen LogP contribution in [0.4, 0.5) is 0 Å². The Balaban J connectivity index is 1.84. The first-order chi connectivity index (χ1) is 9.97. The Morgan fingerprint density at radius 3 is 2.76 bits per heavy atom. The molecule has 3 atom stereocenters. The van der Waals surface area contributed by atoms with Crippen LogP contribution in [0.2, 0.25) is 0 Å². The lowest BCUT2D eigenvalue weighted by Crippen LogP contribution is -2.44. The standard InChI is InChI=1S/C18H27NOS/c1-12-8-9-17(14(3)10-12)21-11-18(20)19-16-7-5-6-13(2)15(16)4/h8-10,13,15-16H,5-7,11H2,1-4H3,(H,19,20)/t13-,15-,16+/m0/s1. The SMILES string of the molecule is Cc1ccc(SCC(=O)N[C@@H]2CCC[C@H](C)[C@@H]2C)c(C)c1. The van der Waals surface area contributed by atoms with Crippen molar-refractivity contribution in [2.75, 3.05) is 5.75 Å². The van der Waals surface area contributed by atoms with Gasteiger partial charge < -0.3 is 5.32 Å². The van der Waals surface area contributed by atoms with Crippen molar-refractivity contribution in [1.29, 1.82) is 0 Å². The first kappa shape index (κ1) is 16.4. The summed E-state index contributed by atoms with van der Waals surface area (Å²) >= 11 is 1.64. The lowest BCUT2D eigenvalue weighted by Gasteiger charge is -2.34. The summed E-state index contributed by atoms with van der Waals surface area (Å²) < 4.78 is 0. The summed E-state index contributed by atoms with van der Waals surface area (Å²) in [5, 5.41) is 3.24. The third-order valence-corrected chi connectivity index (χ3v) is 5.92. The molecule has 116 valence electrons. The molecule has 1 aliphatic rings. The number of nitrogens with one attached hydrogen (secondary N) is 1. The summed E-state index contributed by atoms with van der Waals surface area (Å²) in [5.74, 6) is 2.00. The third kappa shape index (κ3) is 4.50. The molecule has 1 aliphatic carbocycles. The number of amides is 1. The van der Waals surface area contributed by atoms with Crippen LogP contribution in [-0.2, 0) is 4.79 Å². The van der Waals surface area contributed by atoms with Crippen molar-refractivity contribution in [1.82, 2.24) is 5.32 Å². The average Bonchev–Trinajstić information content (AvgIpc) is 2.43. The number of thioether (sulfide) groups is 1. The highest BCUT2D eigenvalue weighted by Gasteiger charge is 2.27. The molecule has 1 fully saturated rings. The normalized spacial score (nSPS) is 25.6. The van der Waals surface area contributed by atoms with Gasteiger partial charge in [0, 0.05) is 10.9 Å². The van der Waals surface area contributed by atoms with Gasteiger partial charge in [0.05, 0.1) is 5.75 Å². The zero-order valence-corrected chi connectivity index (χ0v) is 14.4. The Morgan fingerprint density at radius 1 is 1.29 bits per heavy atom. The Labute approximate surface area is 133 Å². The van der Waals surface area contributed by atoms with Crippen molar-refractivity contribution in [3.63, 3.8) is 0 Å². The quantitative estimate of drug-likeness (QED) is 0.839. The Morgan fingerprint density at radius 2 is 2.05 bits per heavy atom. The third-order valence-electron chi connectivity index (χ3n) is 4.74. The highest BCUT2D eigenvalue weighted by Crippen LogP contribution is 2.29. The lowest BCUT2D eigenvalue weighted by atomic mass is 9.78.